The van der Waals surface area contributed by atoms with Gasteiger partial charge < -0.3 is 5.11 Å². The molecule has 4 rings (SSSR count). The Morgan fingerprint density at radius 2 is 1.52 bits per heavy atom. The van der Waals surface area contributed by atoms with Crippen molar-refractivity contribution in [3.8, 4) is 0 Å². The number of aliphatic hydroxyl groups is 1. The molecule has 1 aliphatic heterocycles. The Hall–Kier alpha value is -1.16. The molecule has 1 N–H and O–H groups in total. The van der Waals surface area contributed by atoms with E-state index >= 15 is 0 Å². The smallest absolute Gasteiger partial charge is 0.0582 e. The summed E-state index contributed by atoms with van der Waals surface area (Å²) in [5, 5.41) is 9.94. The molecule has 0 radical (unpaired) electrons. The van der Waals surface area contributed by atoms with Gasteiger partial charge in [-0.05, 0) is 41.7 Å². The predicted octanol–water partition coefficient (Wildman–Crippen LogP) is 3.81. The summed E-state index contributed by atoms with van der Waals surface area (Å²) >= 11 is 3.51. The van der Waals surface area contributed by atoms with Gasteiger partial charge >= 0.3 is 0 Å². The van der Waals surface area contributed by atoms with E-state index in [9.17, 15) is 5.11 Å². The van der Waals surface area contributed by atoms with Gasteiger partial charge in [0, 0.05) is 17.6 Å². The van der Waals surface area contributed by atoms with E-state index in [1.54, 1.807) is 0 Å². The molecule has 2 aromatic carbocycles. The van der Waals surface area contributed by atoms with Crippen LogP contribution < -0.4 is 0 Å². The summed E-state index contributed by atoms with van der Waals surface area (Å²) in [6, 6.07) is 17.3. The molecule has 3 heteroatoms. The first-order chi connectivity index (χ1) is 10.2. The van der Waals surface area contributed by atoms with Crippen molar-refractivity contribution in [2.75, 3.05) is 0 Å². The van der Waals surface area contributed by atoms with Crippen LogP contribution in [-0.2, 0) is 18.6 Å². The van der Waals surface area contributed by atoms with Crippen molar-refractivity contribution in [2.45, 2.75) is 37.6 Å². The van der Waals surface area contributed by atoms with Gasteiger partial charge in [-0.2, -0.15) is 0 Å². The van der Waals surface area contributed by atoms with Crippen LogP contribution in [0.2, 0.25) is 0 Å². The van der Waals surface area contributed by atoms with Crippen LogP contribution in [0.25, 0.3) is 0 Å². The lowest BCUT2D eigenvalue weighted by Crippen LogP contribution is -2.55. The van der Waals surface area contributed by atoms with E-state index in [-0.39, 0.29) is 11.6 Å². The quantitative estimate of drug-likeness (QED) is 0.895. The Labute approximate surface area is 133 Å². The highest BCUT2D eigenvalue weighted by Crippen LogP contribution is 2.49. The van der Waals surface area contributed by atoms with Crippen molar-refractivity contribution in [2.24, 2.45) is 0 Å². The molecule has 21 heavy (non-hydrogen) atoms. The first kappa shape index (κ1) is 13.5. The van der Waals surface area contributed by atoms with E-state index in [2.05, 4.69) is 69.4 Å². The van der Waals surface area contributed by atoms with Gasteiger partial charge in [-0.15, -0.1) is 0 Å². The SMILES string of the molecule is OC1CC(c2ccc(Br)cc2)(N2Cc3ccccc3C2)C1. The van der Waals surface area contributed by atoms with Gasteiger partial charge in [-0.25, -0.2) is 0 Å². The molecule has 1 aliphatic carbocycles. The summed E-state index contributed by atoms with van der Waals surface area (Å²) < 4.78 is 1.10. The average Bonchev–Trinajstić information content (AvgIpc) is 2.88. The molecule has 1 heterocycles. The molecule has 108 valence electrons. The molecule has 0 saturated heterocycles. The second kappa shape index (κ2) is 4.94. The number of hydrogen-bond acceptors (Lipinski definition) is 2. The van der Waals surface area contributed by atoms with Crippen molar-refractivity contribution in [3.63, 3.8) is 0 Å². The molecule has 0 spiro atoms. The fraction of sp³-hybridized carbons (Fsp3) is 0.333. The minimum atomic E-state index is -0.169. The maximum atomic E-state index is 9.94. The molecule has 0 bridgehead atoms. The standard InChI is InChI=1S/C18H18BrNO/c19-16-7-5-15(6-8-16)18(9-17(21)10-18)20-11-13-3-1-2-4-14(13)12-20/h1-8,17,21H,9-12H2. The van der Waals surface area contributed by atoms with Gasteiger partial charge in [0.1, 0.15) is 0 Å². The van der Waals surface area contributed by atoms with Crippen molar-refractivity contribution in [1.29, 1.82) is 0 Å². The minimum Gasteiger partial charge on any atom is -0.393 e. The Balaban J connectivity index is 1.69. The summed E-state index contributed by atoms with van der Waals surface area (Å²) in [7, 11) is 0. The Kier molecular flexibility index (Phi) is 3.18. The minimum absolute atomic E-state index is 0.000856. The van der Waals surface area contributed by atoms with E-state index < -0.39 is 0 Å². The maximum absolute atomic E-state index is 9.94. The molecule has 0 amide bonds. The van der Waals surface area contributed by atoms with Crippen molar-refractivity contribution < 1.29 is 5.11 Å². The fourth-order valence-corrected chi connectivity index (χ4v) is 4.06. The summed E-state index contributed by atoms with van der Waals surface area (Å²) in [6.45, 7) is 1.97. The first-order valence-corrected chi connectivity index (χ1v) is 8.23. The molecule has 0 unspecified atom stereocenters. The highest BCUT2D eigenvalue weighted by atomic mass is 79.9. The van der Waals surface area contributed by atoms with Crippen molar-refractivity contribution in [3.05, 3.63) is 69.7 Å². The lowest BCUT2D eigenvalue weighted by Gasteiger charge is -2.52. The number of fused-ring (bicyclic) bond motifs is 1. The Bertz CT molecular complexity index is 636. The van der Waals surface area contributed by atoms with Crippen LogP contribution >= 0.6 is 15.9 Å². The van der Waals surface area contributed by atoms with Crippen LogP contribution in [0.4, 0.5) is 0 Å². The second-order valence-electron chi connectivity index (χ2n) is 6.23. The normalized spacial score (nSPS) is 28.2. The van der Waals surface area contributed by atoms with Crippen LogP contribution in [-0.4, -0.2) is 16.1 Å². The zero-order valence-electron chi connectivity index (χ0n) is 11.8. The van der Waals surface area contributed by atoms with Crippen LogP contribution in [0, 0.1) is 0 Å². The summed E-state index contributed by atoms with van der Waals surface area (Å²) in [6.07, 6.45) is 1.50. The largest absolute Gasteiger partial charge is 0.393 e. The molecular weight excluding hydrogens is 326 g/mol. The lowest BCUT2D eigenvalue weighted by molar-refractivity contribution is -0.0828. The Morgan fingerprint density at radius 3 is 2.05 bits per heavy atom. The van der Waals surface area contributed by atoms with Crippen LogP contribution in [0.1, 0.15) is 29.5 Å². The van der Waals surface area contributed by atoms with Crippen molar-refractivity contribution in [1.82, 2.24) is 4.90 Å². The molecule has 2 aromatic rings. The summed E-state index contributed by atoms with van der Waals surface area (Å²) in [4.78, 5) is 2.54. The van der Waals surface area contributed by atoms with E-state index in [4.69, 9.17) is 0 Å². The predicted molar refractivity (Wildman–Crippen MR) is 86.7 cm³/mol. The zero-order valence-corrected chi connectivity index (χ0v) is 13.4. The third-order valence-electron chi connectivity index (χ3n) is 4.97. The molecule has 0 atom stereocenters. The van der Waals surface area contributed by atoms with E-state index in [0.717, 1.165) is 30.4 Å². The van der Waals surface area contributed by atoms with E-state index in [1.807, 2.05) is 0 Å². The monoisotopic (exact) mass is 343 g/mol. The third-order valence-corrected chi connectivity index (χ3v) is 5.50. The highest BCUT2D eigenvalue weighted by Gasteiger charge is 2.50. The number of hydrogen-bond donors (Lipinski definition) is 1. The summed E-state index contributed by atoms with van der Waals surface area (Å²) in [5.74, 6) is 0. The number of halogens is 1. The van der Waals surface area contributed by atoms with Crippen LogP contribution in [0.3, 0.4) is 0 Å². The van der Waals surface area contributed by atoms with Crippen LogP contribution in [0.5, 0.6) is 0 Å². The third kappa shape index (κ3) is 2.15. The zero-order chi connectivity index (χ0) is 14.4. The van der Waals surface area contributed by atoms with Gasteiger partial charge in [0.15, 0.2) is 0 Å². The summed E-state index contributed by atoms with van der Waals surface area (Å²) in [5.41, 5.74) is 4.17. The average molecular weight is 344 g/mol. The molecular formula is C18H18BrNO. The molecule has 1 fully saturated rings. The first-order valence-electron chi connectivity index (χ1n) is 7.43. The fourth-order valence-electron chi connectivity index (χ4n) is 3.79. The highest BCUT2D eigenvalue weighted by molar-refractivity contribution is 9.10. The molecule has 0 aromatic heterocycles. The Morgan fingerprint density at radius 1 is 0.952 bits per heavy atom. The van der Waals surface area contributed by atoms with E-state index in [1.165, 1.54) is 16.7 Å². The number of rotatable bonds is 2. The van der Waals surface area contributed by atoms with Gasteiger partial charge in [-0.3, -0.25) is 4.90 Å². The van der Waals surface area contributed by atoms with Gasteiger partial charge in [-0.1, -0.05) is 52.3 Å². The number of benzene rings is 2. The van der Waals surface area contributed by atoms with Gasteiger partial charge in [0.05, 0.1) is 11.6 Å². The lowest BCUT2D eigenvalue weighted by atomic mass is 9.68. The molecule has 2 nitrogen and oxygen atoms in total. The van der Waals surface area contributed by atoms with E-state index in [0.29, 0.717) is 0 Å². The van der Waals surface area contributed by atoms with Crippen molar-refractivity contribution >= 4 is 15.9 Å². The molecule has 1 saturated carbocycles. The topological polar surface area (TPSA) is 23.5 Å². The molecule has 2 aliphatic rings. The van der Waals surface area contributed by atoms with Gasteiger partial charge in [0.25, 0.3) is 0 Å². The maximum Gasteiger partial charge on any atom is 0.0582 e. The van der Waals surface area contributed by atoms with Crippen LogP contribution in [0.15, 0.2) is 53.0 Å². The number of aliphatic hydroxyl groups excluding tert-OH is 1. The van der Waals surface area contributed by atoms with Gasteiger partial charge in [0.2, 0.25) is 0 Å². The number of nitrogens with zero attached hydrogens (tertiary/aromatic N) is 1. The second-order valence-corrected chi connectivity index (χ2v) is 7.14.